The normalized spacial score (nSPS) is 20.3. The van der Waals surface area contributed by atoms with E-state index in [4.69, 9.17) is 4.42 Å². The van der Waals surface area contributed by atoms with Gasteiger partial charge in [0.25, 0.3) is 0 Å². The molecule has 0 aliphatic carbocycles. The minimum atomic E-state index is -1.05. The van der Waals surface area contributed by atoms with Crippen molar-refractivity contribution in [3.8, 4) is 0 Å². The minimum absolute atomic E-state index is 0. The molecular weight excluding hydrogens is 479 g/mol. The van der Waals surface area contributed by atoms with Crippen molar-refractivity contribution < 1.29 is 9.52 Å². The van der Waals surface area contributed by atoms with Gasteiger partial charge in [-0.1, -0.05) is 13.8 Å². The number of guanidine groups is 1. The Labute approximate surface area is 193 Å². The van der Waals surface area contributed by atoms with Crippen molar-refractivity contribution in [1.29, 1.82) is 0 Å². The zero-order valence-electron chi connectivity index (χ0n) is 19.0. The van der Waals surface area contributed by atoms with E-state index in [9.17, 15) is 5.11 Å². The summed E-state index contributed by atoms with van der Waals surface area (Å²) in [6.45, 7) is 17.7. The van der Waals surface area contributed by atoms with Crippen LogP contribution in [0.25, 0.3) is 0 Å². The third-order valence-electron chi connectivity index (χ3n) is 5.30. The van der Waals surface area contributed by atoms with Gasteiger partial charge in [0.05, 0.1) is 6.54 Å². The number of nitrogens with zero attached hydrogens (tertiary/aromatic N) is 2. The molecule has 1 fully saturated rings. The van der Waals surface area contributed by atoms with E-state index in [1.807, 2.05) is 19.9 Å². The van der Waals surface area contributed by atoms with Gasteiger partial charge in [-0.25, -0.2) is 4.99 Å². The van der Waals surface area contributed by atoms with Gasteiger partial charge < -0.3 is 25.1 Å². The number of aryl methyl sites for hydroxylation is 2. The van der Waals surface area contributed by atoms with Crippen molar-refractivity contribution in [2.24, 2.45) is 16.8 Å². The van der Waals surface area contributed by atoms with Crippen LogP contribution in [-0.2, 0) is 5.60 Å². The van der Waals surface area contributed by atoms with E-state index in [1.165, 1.54) is 25.9 Å². The van der Waals surface area contributed by atoms with Gasteiger partial charge in [-0.2, -0.15) is 0 Å². The minimum Gasteiger partial charge on any atom is -0.466 e. The summed E-state index contributed by atoms with van der Waals surface area (Å²) in [6.07, 6.45) is 2.52. The van der Waals surface area contributed by atoms with Crippen LogP contribution < -0.4 is 10.6 Å². The molecule has 2 atom stereocenters. The van der Waals surface area contributed by atoms with E-state index < -0.39 is 5.60 Å². The van der Waals surface area contributed by atoms with Gasteiger partial charge in [0.2, 0.25) is 0 Å². The standard InChI is InChI=1S/C22H40N4O2.HI/c1-7-23-21(24-12-19-9-8-10-26(14-19)13-16(2)3)25-15-22(6,27)20-11-17(4)28-18(20)5;/h11,16,19,27H,7-10,12-15H2,1-6H3,(H2,23,24,25);1H. The van der Waals surface area contributed by atoms with Gasteiger partial charge in [0.15, 0.2) is 5.96 Å². The van der Waals surface area contributed by atoms with Crippen LogP contribution in [0.15, 0.2) is 15.5 Å². The lowest BCUT2D eigenvalue weighted by molar-refractivity contribution is 0.0656. The van der Waals surface area contributed by atoms with Crippen LogP contribution in [0.2, 0.25) is 0 Å². The average Bonchev–Trinajstić information content (AvgIpc) is 2.96. The molecule has 1 aromatic heterocycles. The van der Waals surface area contributed by atoms with Crippen LogP contribution in [-0.4, -0.2) is 55.2 Å². The Hall–Kier alpha value is -0.800. The summed E-state index contributed by atoms with van der Waals surface area (Å²) in [5, 5.41) is 17.7. The number of aliphatic hydroxyl groups is 1. The molecule has 2 heterocycles. The predicted molar refractivity (Wildman–Crippen MR) is 131 cm³/mol. The monoisotopic (exact) mass is 520 g/mol. The number of piperidine rings is 1. The molecule has 1 aliphatic heterocycles. The van der Waals surface area contributed by atoms with Crippen molar-refractivity contribution >= 4 is 29.9 Å². The Balaban J connectivity index is 0.00000420. The maximum absolute atomic E-state index is 10.9. The fraction of sp³-hybridized carbons (Fsp3) is 0.773. The second-order valence-corrected chi connectivity index (χ2v) is 8.84. The van der Waals surface area contributed by atoms with E-state index in [-0.39, 0.29) is 30.5 Å². The molecule has 1 aromatic rings. The summed E-state index contributed by atoms with van der Waals surface area (Å²) in [5.41, 5.74) is -0.246. The largest absolute Gasteiger partial charge is 0.466 e. The summed E-state index contributed by atoms with van der Waals surface area (Å²) in [7, 11) is 0. The van der Waals surface area contributed by atoms with Gasteiger partial charge in [-0.3, -0.25) is 0 Å². The van der Waals surface area contributed by atoms with Crippen molar-refractivity contribution in [3.63, 3.8) is 0 Å². The molecule has 6 nitrogen and oxygen atoms in total. The number of nitrogens with one attached hydrogen (secondary N) is 2. The summed E-state index contributed by atoms with van der Waals surface area (Å²) in [5.74, 6) is 3.67. The second-order valence-electron chi connectivity index (χ2n) is 8.84. The Morgan fingerprint density at radius 1 is 1.38 bits per heavy atom. The Morgan fingerprint density at radius 2 is 2.10 bits per heavy atom. The molecule has 0 amide bonds. The molecule has 0 aromatic carbocycles. The van der Waals surface area contributed by atoms with Crippen molar-refractivity contribution in [2.45, 2.75) is 60.0 Å². The van der Waals surface area contributed by atoms with E-state index >= 15 is 0 Å². The second kappa shape index (κ2) is 12.2. The highest BCUT2D eigenvalue weighted by Gasteiger charge is 2.28. The first-order valence-corrected chi connectivity index (χ1v) is 10.8. The number of hydrogen-bond donors (Lipinski definition) is 3. The zero-order chi connectivity index (χ0) is 20.7. The third kappa shape index (κ3) is 8.45. The average molecular weight is 521 g/mol. The zero-order valence-corrected chi connectivity index (χ0v) is 21.4. The van der Waals surface area contributed by atoms with E-state index in [1.54, 1.807) is 6.92 Å². The van der Waals surface area contributed by atoms with Crippen molar-refractivity contribution in [3.05, 3.63) is 23.2 Å². The first kappa shape index (κ1) is 26.2. The van der Waals surface area contributed by atoms with Crippen LogP contribution in [0.4, 0.5) is 0 Å². The lowest BCUT2D eigenvalue weighted by Crippen LogP contribution is -2.45. The predicted octanol–water partition coefficient (Wildman–Crippen LogP) is 3.65. The summed E-state index contributed by atoms with van der Waals surface area (Å²) in [6, 6.07) is 1.90. The van der Waals surface area contributed by atoms with Crippen LogP contribution in [0, 0.1) is 25.7 Å². The molecule has 3 N–H and O–H groups in total. The van der Waals surface area contributed by atoms with E-state index in [0.29, 0.717) is 11.8 Å². The van der Waals surface area contributed by atoms with Crippen molar-refractivity contribution in [2.75, 3.05) is 39.3 Å². The highest BCUT2D eigenvalue weighted by atomic mass is 127. The van der Waals surface area contributed by atoms with Crippen LogP contribution in [0.3, 0.4) is 0 Å². The first-order chi connectivity index (χ1) is 13.2. The number of rotatable bonds is 8. The van der Waals surface area contributed by atoms with Gasteiger partial charge in [-0.05, 0) is 65.0 Å². The van der Waals surface area contributed by atoms with Crippen LogP contribution >= 0.6 is 24.0 Å². The molecule has 0 spiro atoms. The lowest BCUT2D eigenvalue weighted by atomic mass is 9.96. The van der Waals surface area contributed by atoms with Crippen LogP contribution in [0.1, 0.15) is 57.6 Å². The van der Waals surface area contributed by atoms with E-state index in [2.05, 4.69) is 41.3 Å². The lowest BCUT2D eigenvalue weighted by Gasteiger charge is -2.34. The molecule has 2 unspecified atom stereocenters. The van der Waals surface area contributed by atoms with Gasteiger partial charge in [0, 0.05) is 31.7 Å². The quantitative estimate of drug-likeness (QED) is 0.277. The topological polar surface area (TPSA) is 73.0 Å². The fourth-order valence-electron chi connectivity index (χ4n) is 4.07. The first-order valence-electron chi connectivity index (χ1n) is 10.8. The fourth-order valence-corrected chi connectivity index (χ4v) is 4.07. The van der Waals surface area contributed by atoms with Gasteiger partial charge in [-0.15, -0.1) is 24.0 Å². The third-order valence-corrected chi connectivity index (χ3v) is 5.30. The highest BCUT2D eigenvalue weighted by molar-refractivity contribution is 14.0. The Bertz CT molecular complexity index is 643. The number of likely N-dealkylation sites (tertiary alicyclic amines) is 1. The highest BCUT2D eigenvalue weighted by Crippen LogP contribution is 2.27. The number of aliphatic imine (C=N–C) groups is 1. The number of hydrogen-bond acceptors (Lipinski definition) is 4. The van der Waals surface area contributed by atoms with Gasteiger partial charge >= 0.3 is 0 Å². The molecule has 0 radical (unpaired) electrons. The molecule has 7 heteroatoms. The molecule has 0 bridgehead atoms. The summed E-state index contributed by atoms with van der Waals surface area (Å²) >= 11 is 0. The van der Waals surface area contributed by atoms with Gasteiger partial charge in [0.1, 0.15) is 17.1 Å². The summed E-state index contributed by atoms with van der Waals surface area (Å²) < 4.78 is 5.58. The number of furan rings is 1. The smallest absolute Gasteiger partial charge is 0.191 e. The van der Waals surface area contributed by atoms with E-state index in [0.717, 1.165) is 42.7 Å². The van der Waals surface area contributed by atoms with Crippen LogP contribution in [0.5, 0.6) is 0 Å². The molecule has 1 saturated heterocycles. The number of halogens is 1. The molecule has 0 saturated carbocycles. The molecule has 168 valence electrons. The maximum atomic E-state index is 10.9. The Morgan fingerprint density at radius 3 is 2.69 bits per heavy atom. The Kier molecular flexibility index (Phi) is 11.0. The molecular formula is C22H41IN4O2. The SMILES string of the molecule is CCNC(=NCC(C)(O)c1cc(C)oc1C)NCC1CCCN(CC(C)C)C1.I. The molecule has 1 aliphatic rings. The summed E-state index contributed by atoms with van der Waals surface area (Å²) in [4.78, 5) is 7.24. The molecule has 29 heavy (non-hydrogen) atoms. The van der Waals surface area contributed by atoms with Crippen molar-refractivity contribution in [1.82, 2.24) is 15.5 Å². The maximum Gasteiger partial charge on any atom is 0.191 e. The molecule has 2 rings (SSSR count).